The first-order valence-corrected chi connectivity index (χ1v) is 35.4. The van der Waals surface area contributed by atoms with Crippen LogP contribution in [-0.2, 0) is 0 Å². The van der Waals surface area contributed by atoms with Crippen LogP contribution in [0.3, 0.4) is 0 Å². The van der Waals surface area contributed by atoms with E-state index in [1.165, 1.54) is 32.3 Å². The zero-order valence-corrected chi connectivity index (χ0v) is 40.3. The lowest BCUT2D eigenvalue weighted by molar-refractivity contribution is 0.898. The van der Waals surface area contributed by atoms with Crippen LogP contribution in [0.4, 0.5) is 0 Å². The summed E-state index contributed by atoms with van der Waals surface area (Å²) in [6.45, 7) is 29.7. The number of nitrogens with zero attached hydrogens (tertiary/aromatic N) is 4. The van der Waals surface area contributed by atoms with Gasteiger partial charge in [-0.15, -0.1) is 0 Å². The van der Waals surface area contributed by atoms with Crippen molar-refractivity contribution in [2.75, 3.05) is 0 Å². The van der Waals surface area contributed by atoms with E-state index in [0.717, 1.165) is 11.7 Å². The fraction of sp³-hybridized carbons (Fsp3) is 0.273. The molecule has 0 spiro atoms. The van der Waals surface area contributed by atoms with E-state index in [4.69, 9.17) is 9.53 Å². The fourth-order valence-corrected chi connectivity index (χ4v) is 30.9. The van der Waals surface area contributed by atoms with Crippen molar-refractivity contribution in [2.24, 2.45) is 9.53 Å². The van der Waals surface area contributed by atoms with Crippen LogP contribution in [0.2, 0.25) is 78.6 Å². The summed E-state index contributed by atoms with van der Waals surface area (Å²) in [7, 11) is -9.51. The molecule has 0 aromatic heterocycles. The molecule has 5 aromatic rings. The van der Waals surface area contributed by atoms with E-state index in [1.807, 2.05) is 0 Å². The molecule has 54 heavy (non-hydrogen) atoms. The molecule has 0 unspecified atom stereocenters. The molecular formula is C44H60N4P2Si4. The molecule has 0 amide bonds. The van der Waals surface area contributed by atoms with Crippen molar-refractivity contribution in [1.82, 2.24) is 8.46 Å². The van der Waals surface area contributed by atoms with Gasteiger partial charge in [0.05, 0.1) is 16.1 Å². The smallest absolute Gasteiger partial charge is 0.140 e. The number of hydrogen-bond acceptors (Lipinski definition) is 2. The molecule has 0 N–H and O–H groups in total. The van der Waals surface area contributed by atoms with E-state index in [2.05, 4.69) is 233 Å². The van der Waals surface area contributed by atoms with Gasteiger partial charge in [-0.2, -0.15) is 0 Å². The second-order valence-corrected chi connectivity index (χ2v) is 41.5. The monoisotopic (exact) mass is 818 g/mol. The molecule has 0 saturated carbocycles. The van der Waals surface area contributed by atoms with Gasteiger partial charge in [0.15, 0.2) is 0 Å². The van der Waals surface area contributed by atoms with Crippen molar-refractivity contribution >= 4 is 82.0 Å². The summed E-state index contributed by atoms with van der Waals surface area (Å²) in [5.74, 6) is 2.28. The van der Waals surface area contributed by atoms with E-state index in [-0.39, 0.29) is 0 Å². The van der Waals surface area contributed by atoms with Gasteiger partial charge >= 0.3 is 0 Å². The Bertz CT molecular complexity index is 1750. The Kier molecular flexibility index (Phi) is 13.4. The number of hydrogen-bond donors (Lipinski definition) is 0. The summed E-state index contributed by atoms with van der Waals surface area (Å²) in [6, 6.07) is 53.0. The number of rotatable bonds is 12. The maximum atomic E-state index is 5.89. The summed E-state index contributed by atoms with van der Waals surface area (Å²) in [5, 5.41) is 5.07. The predicted octanol–water partition coefficient (Wildman–Crippen LogP) is 11.2. The highest BCUT2D eigenvalue weighted by Crippen LogP contribution is 2.40. The molecule has 0 aliphatic heterocycles. The third kappa shape index (κ3) is 10.5. The van der Waals surface area contributed by atoms with E-state index in [9.17, 15) is 0 Å². The zero-order chi connectivity index (χ0) is 39.3. The van der Waals surface area contributed by atoms with Gasteiger partial charge < -0.3 is 8.46 Å². The summed E-state index contributed by atoms with van der Waals surface area (Å²) >= 11 is 0. The highest BCUT2D eigenvalue weighted by atomic mass is 31.1. The maximum Gasteiger partial charge on any atom is 0.140 e. The first-order valence-electron chi connectivity index (χ1n) is 19.0. The van der Waals surface area contributed by atoms with Gasteiger partial charge in [-0.25, -0.2) is 9.53 Å². The van der Waals surface area contributed by atoms with Crippen LogP contribution < -0.4 is 21.2 Å². The van der Waals surface area contributed by atoms with Crippen molar-refractivity contribution in [3.05, 3.63) is 157 Å². The van der Waals surface area contributed by atoms with Crippen LogP contribution >= 0.6 is 16.1 Å². The molecule has 0 aliphatic rings. The van der Waals surface area contributed by atoms with Crippen LogP contribution in [-0.4, -0.2) is 53.1 Å². The SMILES string of the molecule is C[Si](C)(C)N(/C(=N\P(c1ccccc1)c1ccccc1)c1ccc(/C(=N\P(c2ccccc2)c2ccccc2)N([Si](C)(C)C)[Si](C)(C)C)cc1)[Si](C)(C)C. The Morgan fingerprint density at radius 2 is 0.537 bits per heavy atom. The number of amidine groups is 2. The minimum atomic E-state index is -1.88. The Morgan fingerprint density at radius 3 is 0.722 bits per heavy atom. The average molecular weight is 819 g/mol. The molecule has 0 fully saturated rings. The van der Waals surface area contributed by atoms with Gasteiger partial charge in [0, 0.05) is 32.3 Å². The van der Waals surface area contributed by atoms with E-state index >= 15 is 0 Å². The summed E-state index contributed by atoms with van der Waals surface area (Å²) in [4.78, 5) is 0. The van der Waals surface area contributed by atoms with Crippen LogP contribution in [0.5, 0.6) is 0 Å². The molecule has 10 heteroatoms. The van der Waals surface area contributed by atoms with Crippen LogP contribution in [0.25, 0.3) is 0 Å². The molecule has 5 rings (SSSR count). The highest BCUT2D eigenvalue weighted by Gasteiger charge is 2.40. The van der Waals surface area contributed by atoms with Crippen molar-refractivity contribution < 1.29 is 0 Å². The Balaban J connectivity index is 1.77. The maximum absolute atomic E-state index is 5.89. The van der Waals surface area contributed by atoms with E-state index in [1.54, 1.807) is 0 Å². The first kappa shape index (κ1) is 41.9. The molecule has 0 radical (unpaired) electrons. The molecule has 0 atom stereocenters. The topological polar surface area (TPSA) is 31.2 Å². The van der Waals surface area contributed by atoms with Crippen molar-refractivity contribution in [2.45, 2.75) is 78.6 Å². The van der Waals surface area contributed by atoms with Gasteiger partial charge in [0.25, 0.3) is 0 Å². The van der Waals surface area contributed by atoms with Crippen LogP contribution in [0, 0.1) is 0 Å². The Morgan fingerprint density at radius 1 is 0.333 bits per heavy atom. The third-order valence-electron chi connectivity index (χ3n) is 8.90. The van der Waals surface area contributed by atoms with Gasteiger partial charge in [-0.3, -0.25) is 0 Å². The lowest BCUT2D eigenvalue weighted by Crippen LogP contribution is -2.62. The zero-order valence-electron chi connectivity index (χ0n) is 34.5. The normalized spacial score (nSPS) is 13.4. The van der Waals surface area contributed by atoms with Gasteiger partial charge in [-0.05, 0) is 0 Å². The number of benzene rings is 5. The second kappa shape index (κ2) is 17.3. The van der Waals surface area contributed by atoms with Crippen LogP contribution in [0.15, 0.2) is 155 Å². The Hall–Kier alpha value is -3.23. The highest BCUT2D eigenvalue weighted by molar-refractivity contribution is 7.72. The lowest BCUT2D eigenvalue weighted by Gasteiger charge is -2.47. The molecule has 0 aliphatic carbocycles. The molecule has 5 aromatic carbocycles. The lowest BCUT2D eigenvalue weighted by atomic mass is 10.1. The summed E-state index contributed by atoms with van der Waals surface area (Å²) in [5.41, 5.74) is 2.37. The third-order valence-corrected chi connectivity index (χ3v) is 27.1. The Labute approximate surface area is 333 Å². The molecule has 282 valence electrons. The van der Waals surface area contributed by atoms with Crippen LogP contribution in [0.1, 0.15) is 11.1 Å². The van der Waals surface area contributed by atoms with Gasteiger partial charge in [0.1, 0.15) is 44.6 Å². The fourth-order valence-electron chi connectivity index (χ4n) is 7.51. The molecule has 0 heterocycles. The quantitative estimate of drug-likeness (QED) is 0.0543. The van der Waals surface area contributed by atoms with Gasteiger partial charge in [-0.1, -0.05) is 224 Å². The summed E-state index contributed by atoms with van der Waals surface area (Å²) in [6.07, 6.45) is 0. The average Bonchev–Trinajstić information content (AvgIpc) is 3.11. The largest absolute Gasteiger partial charge is 0.409 e. The molecule has 0 saturated heterocycles. The summed E-state index contributed by atoms with van der Waals surface area (Å²) < 4.78 is 17.4. The van der Waals surface area contributed by atoms with E-state index < -0.39 is 49.1 Å². The molecule has 4 nitrogen and oxygen atoms in total. The minimum Gasteiger partial charge on any atom is -0.409 e. The second-order valence-electron chi connectivity index (χ2n) is 17.7. The van der Waals surface area contributed by atoms with Crippen molar-refractivity contribution in [3.8, 4) is 0 Å². The van der Waals surface area contributed by atoms with Gasteiger partial charge in [0.2, 0.25) is 0 Å². The standard InChI is InChI=1S/C44H60N4P2Si4/c1-51(2,3)47(52(4,5)6)43(45-49(39-25-17-13-18-26-39)40-27-19-14-20-28-40)37-33-35-38(36-34-37)44(48(53(7,8)9)54(10,11)12)46-50(41-29-21-15-22-30-41)42-31-23-16-24-32-42/h13-36H,1-12H3/b45-43-,46-44+. The van der Waals surface area contributed by atoms with Crippen molar-refractivity contribution in [1.29, 1.82) is 0 Å². The predicted molar refractivity (Wildman–Crippen MR) is 255 cm³/mol. The first-order chi connectivity index (χ1) is 25.4. The van der Waals surface area contributed by atoms with E-state index in [0.29, 0.717) is 0 Å². The minimum absolute atomic E-state index is 0.993. The van der Waals surface area contributed by atoms with Crippen molar-refractivity contribution in [3.63, 3.8) is 0 Å². The molecule has 0 bridgehead atoms. The molecular weight excluding hydrogens is 759 g/mol.